The van der Waals surface area contributed by atoms with Crippen LogP contribution in [-0.4, -0.2) is 40.2 Å². The van der Waals surface area contributed by atoms with Crippen LogP contribution >= 0.6 is 0 Å². The molecule has 15 heteroatoms. The number of aryl methyl sites for hydroxylation is 1. The van der Waals surface area contributed by atoms with Crippen molar-refractivity contribution in [3.63, 3.8) is 0 Å². The van der Waals surface area contributed by atoms with Crippen LogP contribution < -0.4 is 11.2 Å². The average molecular weight is 440 g/mol. The molecule has 0 saturated heterocycles. The number of hydrogen-bond acceptors (Lipinski definition) is 9. The van der Waals surface area contributed by atoms with Gasteiger partial charge in [-0.05, 0) is 25.1 Å². The molecule has 0 aliphatic carbocycles. The minimum atomic E-state index is -4.02. The highest BCUT2D eigenvalue weighted by molar-refractivity contribution is 7.85. The summed E-state index contributed by atoms with van der Waals surface area (Å²) in [6, 6.07) is 9.35. The second kappa shape index (κ2) is 10.6. The van der Waals surface area contributed by atoms with Crippen LogP contribution in [0.5, 0.6) is 0 Å². The zero-order valence-electron chi connectivity index (χ0n) is 15.2. The molecule has 2 rings (SSSR count). The van der Waals surface area contributed by atoms with E-state index >= 15 is 0 Å². The number of nitro benzene ring substituents is 2. The van der Waals surface area contributed by atoms with E-state index in [-0.39, 0.29) is 10.5 Å². The number of guanidine groups is 1. The number of nitrogens with zero attached hydrogens (tertiary/aromatic N) is 4. The maximum Gasteiger partial charge on any atom is 0.294 e. The Balaban J connectivity index is 0.000000346. The lowest BCUT2D eigenvalue weighted by atomic mass is 10.1. The van der Waals surface area contributed by atoms with Crippen molar-refractivity contribution in [3.8, 4) is 0 Å². The van der Waals surface area contributed by atoms with Gasteiger partial charge in [-0.1, -0.05) is 17.7 Å². The number of hydrogen-bond donors (Lipinski definition) is 4. The Kier molecular flexibility index (Phi) is 8.48. The molecule has 2 aromatic rings. The van der Waals surface area contributed by atoms with Crippen LogP contribution in [0.3, 0.4) is 0 Å². The third-order valence-electron chi connectivity index (χ3n) is 3.24. The molecule has 0 spiro atoms. The molecule has 0 heterocycles. The molecule has 2 aromatic carbocycles. The second-order valence-electron chi connectivity index (χ2n) is 5.35. The van der Waals surface area contributed by atoms with E-state index in [1.165, 1.54) is 23.7 Å². The summed E-state index contributed by atoms with van der Waals surface area (Å²) in [5.41, 5.74) is 6.15. The summed E-state index contributed by atoms with van der Waals surface area (Å²) in [6.07, 6.45) is 0.806. The topological polar surface area (TPSA) is 224 Å². The Labute approximate surface area is 169 Å². The van der Waals surface area contributed by atoms with Crippen LogP contribution in [0.4, 0.5) is 11.4 Å². The van der Waals surface area contributed by atoms with Crippen molar-refractivity contribution in [2.45, 2.75) is 11.8 Å². The van der Waals surface area contributed by atoms with Gasteiger partial charge in [0, 0.05) is 12.1 Å². The lowest BCUT2D eigenvalue weighted by molar-refractivity contribution is -0.394. The van der Waals surface area contributed by atoms with E-state index in [0.717, 1.165) is 23.9 Å². The predicted octanol–water partition coefficient (Wildman–Crippen LogP) is 1.37. The number of nitrogens with one attached hydrogen (secondary N) is 1. The average Bonchev–Trinajstić information content (AvgIpc) is 2.67. The minimum absolute atomic E-state index is 0.0666. The minimum Gasteiger partial charge on any atom is -0.367 e. The van der Waals surface area contributed by atoms with E-state index in [0.29, 0.717) is 0 Å². The molecule has 14 nitrogen and oxygen atoms in total. The third kappa shape index (κ3) is 7.23. The van der Waals surface area contributed by atoms with Gasteiger partial charge in [-0.3, -0.25) is 30.0 Å². The highest BCUT2D eigenvalue weighted by Crippen LogP contribution is 2.26. The van der Waals surface area contributed by atoms with Crippen LogP contribution in [0.2, 0.25) is 0 Å². The molecule has 0 radical (unpaired) electrons. The summed E-state index contributed by atoms with van der Waals surface area (Å²) in [6.45, 7) is 1.84. The van der Waals surface area contributed by atoms with Crippen molar-refractivity contribution < 1.29 is 28.0 Å². The largest absolute Gasteiger partial charge is 0.367 e. The fraction of sp³-hybridized carbons (Fsp3) is 0.0667. The van der Waals surface area contributed by atoms with Crippen molar-refractivity contribution in [1.82, 2.24) is 5.48 Å². The molecule has 30 heavy (non-hydrogen) atoms. The van der Waals surface area contributed by atoms with Gasteiger partial charge in [0.2, 0.25) is 5.96 Å². The maximum absolute atomic E-state index is 10.8. The highest BCUT2D eigenvalue weighted by Gasteiger charge is 2.22. The zero-order chi connectivity index (χ0) is 22.9. The fourth-order valence-corrected chi connectivity index (χ4v) is 2.35. The SMILES string of the molecule is Cc1ccc(S(=O)(=O)O)cc1.NC(=NN=Cc1c([N+](=O)[O-])cccc1[N+](=O)[O-])NO. The monoisotopic (exact) mass is 440 g/mol. The normalized spacial score (nSPS) is 11.5. The molecule has 0 bridgehead atoms. The summed E-state index contributed by atoms with van der Waals surface area (Å²) in [5, 5.41) is 36.3. The summed E-state index contributed by atoms with van der Waals surface area (Å²) in [4.78, 5) is 19.9. The van der Waals surface area contributed by atoms with Crippen molar-refractivity contribution >= 4 is 33.7 Å². The molecule has 0 atom stereocenters. The number of hydroxylamine groups is 1. The molecule has 0 amide bonds. The first kappa shape index (κ1) is 24.1. The number of nitrogens with two attached hydrogens (primary N) is 1. The molecule has 160 valence electrons. The lowest BCUT2D eigenvalue weighted by Gasteiger charge is -1.98. The van der Waals surface area contributed by atoms with Crippen LogP contribution in [0.25, 0.3) is 0 Å². The van der Waals surface area contributed by atoms with Crippen LogP contribution in [0.15, 0.2) is 57.6 Å². The molecular weight excluding hydrogens is 424 g/mol. The fourth-order valence-electron chi connectivity index (χ4n) is 1.87. The number of nitro groups is 2. The zero-order valence-corrected chi connectivity index (χ0v) is 16.1. The van der Waals surface area contributed by atoms with Crippen LogP contribution in [0, 0.1) is 27.2 Å². The lowest BCUT2D eigenvalue weighted by Crippen LogP contribution is -2.27. The molecular formula is C15H16N6O8S. The standard InChI is InChI=1S/C8H8N6O5.C7H8O3S/c9-8(12-15)11-10-4-5-6(13(16)17)2-1-3-7(5)14(18)19;1-6-2-4-7(5-3-6)11(8,9)10/h1-4,15H,(H3,9,11,12);2-5H,1H3,(H,8,9,10). The first-order valence-corrected chi connectivity index (χ1v) is 9.14. The number of rotatable bonds is 5. The van der Waals surface area contributed by atoms with Gasteiger partial charge >= 0.3 is 0 Å². The van der Waals surface area contributed by atoms with E-state index < -0.39 is 37.3 Å². The molecule has 0 aromatic heterocycles. The van der Waals surface area contributed by atoms with Gasteiger partial charge in [-0.2, -0.15) is 13.5 Å². The Morgan fingerprint density at radius 2 is 1.60 bits per heavy atom. The Morgan fingerprint density at radius 1 is 1.10 bits per heavy atom. The van der Waals surface area contributed by atoms with Crippen molar-refractivity contribution in [2.24, 2.45) is 15.9 Å². The summed E-state index contributed by atoms with van der Waals surface area (Å²) in [7, 11) is -4.02. The Bertz CT molecular complexity index is 1050. The van der Waals surface area contributed by atoms with Gasteiger partial charge in [0.25, 0.3) is 21.5 Å². The maximum atomic E-state index is 10.8. The molecule has 0 unspecified atom stereocenters. The summed E-state index contributed by atoms with van der Waals surface area (Å²) >= 11 is 0. The smallest absolute Gasteiger partial charge is 0.294 e. The Hall–Kier alpha value is -3.95. The molecule has 5 N–H and O–H groups in total. The molecule has 0 fully saturated rings. The Morgan fingerprint density at radius 3 is 2.00 bits per heavy atom. The quantitative estimate of drug-likeness (QED) is 0.172. The van der Waals surface area contributed by atoms with Crippen LogP contribution in [0.1, 0.15) is 11.1 Å². The first-order valence-electron chi connectivity index (χ1n) is 7.70. The van der Waals surface area contributed by atoms with Crippen molar-refractivity contribution in [2.75, 3.05) is 0 Å². The van der Waals surface area contributed by atoms with E-state index in [1.807, 2.05) is 6.92 Å². The highest BCUT2D eigenvalue weighted by atomic mass is 32.2. The van der Waals surface area contributed by atoms with Gasteiger partial charge in [-0.15, -0.1) is 5.10 Å². The predicted molar refractivity (Wildman–Crippen MR) is 105 cm³/mol. The molecule has 0 aliphatic heterocycles. The molecule has 0 saturated carbocycles. The van der Waals surface area contributed by atoms with Gasteiger partial charge in [-0.25, -0.2) is 5.48 Å². The van der Waals surface area contributed by atoms with E-state index in [9.17, 15) is 28.6 Å². The second-order valence-corrected chi connectivity index (χ2v) is 6.78. The van der Waals surface area contributed by atoms with Gasteiger partial charge < -0.3 is 5.73 Å². The van der Waals surface area contributed by atoms with Crippen molar-refractivity contribution in [1.29, 1.82) is 0 Å². The van der Waals surface area contributed by atoms with Crippen molar-refractivity contribution in [3.05, 3.63) is 73.8 Å². The summed E-state index contributed by atoms with van der Waals surface area (Å²) in [5.74, 6) is -0.475. The third-order valence-corrected chi connectivity index (χ3v) is 4.11. The van der Waals surface area contributed by atoms with Gasteiger partial charge in [0.15, 0.2) is 0 Å². The van der Waals surface area contributed by atoms with E-state index in [2.05, 4.69) is 10.2 Å². The van der Waals surface area contributed by atoms with E-state index in [4.69, 9.17) is 15.5 Å². The van der Waals surface area contributed by atoms with E-state index in [1.54, 1.807) is 12.1 Å². The molecule has 0 aliphatic rings. The first-order chi connectivity index (χ1) is 14.0. The summed E-state index contributed by atoms with van der Waals surface area (Å²) < 4.78 is 29.6. The van der Waals surface area contributed by atoms with Gasteiger partial charge in [0.1, 0.15) is 5.56 Å². The van der Waals surface area contributed by atoms with Gasteiger partial charge in [0.05, 0.1) is 21.0 Å². The van der Waals surface area contributed by atoms with Crippen LogP contribution in [-0.2, 0) is 10.1 Å². The number of benzene rings is 2.